The highest BCUT2D eigenvalue weighted by Crippen LogP contribution is 2.26. The molecule has 102 valence electrons. The molecule has 0 aliphatic rings. The lowest BCUT2D eigenvalue weighted by Crippen LogP contribution is -2.37. The van der Waals surface area contributed by atoms with Gasteiger partial charge in [0.15, 0.2) is 0 Å². The SMILES string of the molecule is CCC(CC)(CO)CNC(C)c1cccc(O)c1. The van der Waals surface area contributed by atoms with Crippen molar-refractivity contribution in [1.82, 2.24) is 5.32 Å². The summed E-state index contributed by atoms with van der Waals surface area (Å²) in [4.78, 5) is 0. The molecule has 1 unspecified atom stereocenters. The van der Waals surface area contributed by atoms with Crippen molar-refractivity contribution in [3.63, 3.8) is 0 Å². The molecule has 1 aromatic carbocycles. The highest BCUT2D eigenvalue weighted by atomic mass is 16.3. The Kier molecular flexibility index (Phi) is 5.63. The minimum Gasteiger partial charge on any atom is -0.508 e. The molecule has 0 amide bonds. The van der Waals surface area contributed by atoms with Crippen molar-refractivity contribution in [2.45, 2.75) is 39.7 Å². The molecule has 3 nitrogen and oxygen atoms in total. The van der Waals surface area contributed by atoms with Gasteiger partial charge in [0.05, 0.1) is 0 Å². The Morgan fingerprint density at radius 2 is 1.94 bits per heavy atom. The molecular weight excluding hydrogens is 226 g/mol. The molecule has 0 radical (unpaired) electrons. The predicted octanol–water partition coefficient (Wildman–Crippen LogP) is 2.84. The molecule has 1 rings (SSSR count). The molecule has 0 heterocycles. The second kappa shape index (κ2) is 6.76. The number of hydrogen-bond acceptors (Lipinski definition) is 3. The zero-order valence-electron chi connectivity index (χ0n) is 11.6. The van der Waals surface area contributed by atoms with E-state index >= 15 is 0 Å². The van der Waals surface area contributed by atoms with E-state index < -0.39 is 0 Å². The Hall–Kier alpha value is -1.06. The number of rotatable bonds is 7. The minimum absolute atomic E-state index is 0.0366. The number of benzene rings is 1. The molecule has 0 fully saturated rings. The monoisotopic (exact) mass is 251 g/mol. The average Bonchev–Trinajstić information content (AvgIpc) is 2.40. The van der Waals surface area contributed by atoms with Crippen molar-refractivity contribution < 1.29 is 10.2 Å². The molecule has 0 aliphatic carbocycles. The fourth-order valence-electron chi connectivity index (χ4n) is 2.06. The number of phenols is 1. The van der Waals surface area contributed by atoms with Gasteiger partial charge in [0.25, 0.3) is 0 Å². The number of aliphatic hydroxyl groups is 1. The number of nitrogens with one attached hydrogen (secondary N) is 1. The fourth-order valence-corrected chi connectivity index (χ4v) is 2.06. The molecule has 0 saturated heterocycles. The average molecular weight is 251 g/mol. The largest absolute Gasteiger partial charge is 0.508 e. The van der Waals surface area contributed by atoms with Crippen LogP contribution in [0.25, 0.3) is 0 Å². The lowest BCUT2D eigenvalue weighted by atomic mass is 9.83. The second-order valence-electron chi connectivity index (χ2n) is 5.06. The van der Waals surface area contributed by atoms with Crippen LogP contribution in [0.3, 0.4) is 0 Å². The van der Waals surface area contributed by atoms with Gasteiger partial charge in [0.2, 0.25) is 0 Å². The molecule has 3 N–H and O–H groups in total. The van der Waals surface area contributed by atoms with Crippen LogP contribution in [0.4, 0.5) is 0 Å². The van der Waals surface area contributed by atoms with Crippen LogP contribution in [0, 0.1) is 5.41 Å². The van der Waals surface area contributed by atoms with Crippen LogP contribution in [-0.2, 0) is 0 Å². The Labute approximate surface area is 110 Å². The van der Waals surface area contributed by atoms with Gasteiger partial charge in [0, 0.05) is 24.6 Å². The van der Waals surface area contributed by atoms with Gasteiger partial charge in [-0.3, -0.25) is 0 Å². The molecule has 1 aromatic rings. The first-order valence-corrected chi connectivity index (χ1v) is 6.70. The van der Waals surface area contributed by atoms with Crippen molar-refractivity contribution >= 4 is 0 Å². The van der Waals surface area contributed by atoms with Crippen molar-refractivity contribution in [2.24, 2.45) is 5.41 Å². The smallest absolute Gasteiger partial charge is 0.115 e. The third kappa shape index (κ3) is 3.72. The van der Waals surface area contributed by atoms with Gasteiger partial charge < -0.3 is 15.5 Å². The Bertz CT molecular complexity index is 353. The third-order valence-electron chi connectivity index (χ3n) is 3.99. The van der Waals surface area contributed by atoms with Crippen LogP contribution < -0.4 is 5.32 Å². The summed E-state index contributed by atoms with van der Waals surface area (Å²) in [5.41, 5.74) is 1.03. The first-order valence-electron chi connectivity index (χ1n) is 6.70. The van der Waals surface area contributed by atoms with Gasteiger partial charge in [-0.05, 0) is 37.5 Å². The maximum Gasteiger partial charge on any atom is 0.115 e. The zero-order chi connectivity index (χ0) is 13.6. The maximum atomic E-state index is 9.52. The zero-order valence-corrected chi connectivity index (χ0v) is 11.6. The second-order valence-corrected chi connectivity index (χ2v) is 5.06. The number of phenolic OH excluding ortho intramolecular Hbond substituents is 1. The van der Waals surface area contributed by atoms with Crippen LogP contribution >= 0.6 is 0 Å². The minimum atomic E-state index is -0.0366. The van der Waals surface area contributed by atoms with Gasteiger partial charge in [-0.25, -0.2) is 0 Å². The van der Waals surface area contributed by atoms with E-state index in [1.807, 2.05) is 12.1 Å². The fraction of sp³-hybridized carbons (Fsp3) is 0.600. The van der Waals surface area contributed by atoms with Gasteiger partial charge in [-0.15, -0.1) is 0 Å². The van der Waals surface area contributed by atoms with E-state index in [-0.39, 0.29) is 18.1 Å². The molecule has 0 aromatic heterocycles. The molecule has 18 heavy (non-hydrogen) atoms. The van der Waals surface area contributed by atoms with E-state index in [0.29, 0.717) is 5.75 Å². The molecule has 3 heteroatoms. The van der Waals surface area contributed by atoms with E-state index in [1.165, 1.54) is 0 Å². The molecule has 0 aliphatic heterocycles. The van der Waals surface area contributed by atoms with Crippen LogP contribution in [0.5, 0.6) is 5.75 Å². The lowest BCUT2D eigenvalue weighted by molar-refractivity contribution is 0.110. The quantitative estimate of drug-likeness (QED) is 0.698. The Morgan fingerprint density at radius 3 is 2.44 bits per heavy atom. The highest BCUT2D eigenvalue weighted by molar-refractivity contribution is 5.29. The summed E-state index contributed by atoms with van der Waals surface area (Å²) in [7, 11) is 0. The van der Waals surface area contributed by atoms with Gasteiger partial charge in [0.1, 0.15) is 5.75 Å². The topological polar surface area (TPSA) is 52.5 Å². The molecule has 0 saturated carbocycles. The number of hydrogen-bond donors (Lipinski definition) is 3. The normalized spacial score (nSPS) is 13.6. The first kappa shape index (κ1) is 15.0. The molecular formula is C15H25NO2. The molecule has 0 spiro atoms. The number of aromatic hydroxyl groups is 1. The third-order valence-corrected chi connectivity index (χ3v) is 3.99. The van der Waals surface area contributed by atoms with E-state index in [2.05, 4.69) is 26.1 Å². The van der Waals surface area contributed by atoms with Gasteiger partial charge in [-0.1, -0.05) is 26.0 Å². The standard InChI is InChI=1S/C15H25NO2/c1-4-15(5-2,11-17)10-16-12(3)13-7-6-8-14(18)9-13/h6-9,12,16-18H,4-5,10-11H2,1-3H3. The first-order chi connectivity index (χ1) is 8.56. The van der Waals surface area contributed by atoms with Crippen LogP contribution in [0.15, 0.2) is 24.3 Å². The molecule has 0 bridgehead atoms. The summed E-state index contributed by atoms with van der Waals surface area (Å²) >= 11 is 0. The Balaban J connectivity index is 2.62. The van der Waals surface area contributed by atoms with E-state index in [1.54, 1.807) is 12.1 Å². The van der Waals surface area contributed by atoms with Crippen molar-refractivity contribution in [3.05, 3.63) is 29.8 Å². The summed E-state index contributed by atoms with van der Waals surface area (Å²) in [5.74, 6) is 0.292. The van der Waals surface area contributed by atoms with Gasteiger partial charge in [-0.2, -0.15) is 0 Å². The van der Waals surface area contributed by atoms with E-state index in [0.717, 1.165) is 24.9 Å². The highest BCUT2D eigenvalue weighted by Gasteiger charge is 2.25. The van der Waals surface area contributed by atoms with Crippen molar-refractivity contribution in [2.75, 3.05) is 13.2 Å². The van der Waals surface area contributed by atoms with Crippen LogP contribution in [0.2, 0.25) is 0 Å². The van der Waals surface area contributed by atoms with Crippen LogP contribution in [0.1, 0.15) is 45.2 Å². The Morgan fingerprint density at radius 1 is 1.28 bits per heavy atom. The van der Waals surface area contributed by atoms with E-state index in [4.69, 9.17) is 0 Å². The predicted molar refractivity (Wildman–Crippen MR) is 74.6 cm³/mol. The summed E-state index contributed by atoms with van der Waals surface area (Å²) in [6.07, 6.45) is 1.92. The van der Waals surface area contributed by atoms with Crippen LogP contribution in [-0.4, -0.2) is 23.4 Å². The number of aliphatic hydroxyl groups excluding tert-OH is 1. The van der Waals surface area contributed by atoms with Gasteiger partial charge >= 0.3 is 0 Å². The summed E-state index contributed by atoms with van der Waals surface area (Å²) < 4.78 is 0. The van der Waals surface area contributed by atoms with E-state index in [9.17, 15) is 10.2 Å². The van der Waals surface area contributed by atoms with Crippen molar-refractivity contribution in [1.29, 1.82) is 0 Å². The lowest BCUT2D eigenvalue weighted by Gasteiger charge is -2.31. The summed E-state index contributed by atoms with van der Waals surface area (Å²) in [6.45, 7) is 7.29. The summed E-state index contributed by atoms with van der Waals surface area (Å²) in [6, 6.07) is 7.46. The summed E-state index contributed by atoms with van der Waals surface area (Å²) in [5, 5.41) is 22.4. The molecule has 1 atom stereocenters. The van der Waals surface area contributed by atoms with Crippen molar-refractivity contribution in [3.8, 4) is 5.75 Å². The maximum absolute atomic E-state index is 9.52.